The van der Waals surface area contributed by atoms with Gasteiger partial charge in [0.2, 0.25) is 0 Å². The molecule has 0 aliphatic carbocycles. The van der Waals surface area contributed by atoms with E-state index in [9.17, 15) is 4.79 Å². The minimum Gasteiger partial charge on any atom is -0.488 e. The first-order valence-electron chi connectivity index (χ1n) is 9.44. The van der Waals surface area contributed by atoms with E-state index in [0.717, 1.165) is 23.5 Å². The van der Waals surface area contributed by atoms with Crippen LogP contribution in [0.2, 0.25) is 0 Å². The van der Waals surface area contributed by atoms with Gasteiger partial charge in [0, 0.05) is 23.5 Å². The maximum atomic E-state index is 12.5. The highest BCUT2D eigenvalue weighted by molar-refractivity contribution is 7.09. The number of rotatable bonds is 9. The van der Waals surface area contributed by atoms with Gasteiger partial charge in [-0.15, -0.1) is 11.3 Å². The second-order valence-electron chi connectivity index (χ2n) is 6.73. The Kier molecular flexibility index (Phi) is 7.23. The fraction of sp³-hybridized carbons (Fsp3) is 0.261. The number of nitrogens with zero attached hydrogens (tertiary/aromatic N) is 1. The Labute approximate surface area is 170 Å². The van der Waals surface area contributed by atoms with Gasteiger partial charge in [-0.3, -0.25) is 4.79 Å². The molecule has 1 amide bonds. The number of carbonyl (C=O) groups excluding carboxylic acids is 1. The predicted octanol–water partition coefficient (Wildman–Crippen LogP) is 4.71. The van der Waals surface area contributed by atoms with E-state index in [1.807, 2.05) is 41.8 Å². The summed E-state index contributed by atoms with van der Waals surface area (Å²) in [7, 11) is 2.10. The molecule has 1 aromatic heterocycles. The smallest absolute Gasteiger partial charge is 0.251 e. The van der Waals surface area contributed by atoms with Crippen molar-refractivity contribution < 1.29 is 9.53 Å². The van der Waals surface area contributed by atoms with Crippen molar-refractivity contribution in [3.8, 4) is 5.75 Å². The van der Waals surface area contributed by atoms with Crippen molar-refractivity contribution in [1.82, 2.24) is 10.2 Å². The molecule has 0 spiro atoms. The van der Waals surface area contributed by atoms with Gasteiger partial charge in [-0.25, -0.2) is 0 Å². The Morgan fingerprint density at radius 2 is 1.89 bits per heavy atom. The van der Waals surface area contributed by atoms with Crippen molar-refractivity contribution in [2.24, 2.45) is 0 Å². The molecular weight excluding hydrogens is 368 g/mol. The number of benzene rings is 2. The zero-order valence-electron chi connectivity index (χ0n) is 16.4. The highest BCUT2D eigenvalue weighted by atomic mass is 32.1. The molecule has 28 heavy (non-hydrogen) atoms. The van der Waals surface area contributed by atoms with Crippen molar-refractivity contribution in [1.29, 1.82) is 0 Å². The summed E-state index contributed by atoms with van der Waals surface area (Å²) in [4.78, 5) is 15.9. The summed E-state index contributed by atoms with van der Waals surface area (Å²) in [6.45, 7) is 5.07. The van der Waals surface area contributed by atoms with E-state index in [1.54, 1.807) is 23.5 Å². The highest BCUT2D eigenvalue weighted by Crippen LogP contribution is 2.17. The minimum atomic E-state index is -0.0994. The quantitative estimate of drug-likeness (QED) is 0.571. The lowest BCUT2D eigenvalue weighted by Gasteiger charge is -2.14. The molecule has 0 saturated heterocycles. The summed E-state index contributed by atoms with van der Waals surface area (Å²) < 4.78 is 5.79. The number of amides is 1. The minimum absolute atomic E-state index is 0.0994. The average molecular weight is 395 g/mol. The van der Waals surface area contributed by atoms with Crippen molar-refractivity contribution >= 4 is 17.2 Å². The molecule has 0 aliphatic rings. The lowest BCUT2D eigenvalue weighted by atomic mass is 10.1. The van der Waals surface area contributed by atoms with Gasteiger partial charge in [-0.1, -0.05) is 43.3 Å². The van der Waals surface area contributed by atoms with Crippen LogP contribution in [-0.4, -0.2) is 24.4 Å². The van der Waals surface area contributed by atoms with Crippen LogP contribution in [0.3, 0.4) is 0 Å². The van der Waals surface area contributed by atoms with E-state index < -0.39 is 0 Å². The van der Waals surface area contributed by atoms with Crippen LogP contribution in [0.1, 0.15) is 33.3 Å². The molecule has 3 rings (SSSR count). The molecule has 4 nitrogen and oxygen atoms in total. The highest BCUT2D eigenvalue weighted by Gasteiger charge is 2.08. The largest absolute Gasteiger partial charge is 0.488 e. The third-order valence-electron chi connectivity index (χ3n) is 4.49. The second-order valence-corrected chi connectivity index (χ2v) is 7.76. The molecule has 0 aliphatic heterocycles. The zero-order valence-corrected chi connectivity index (χ0v) is 17.2. The predicted molar refractivity (Wildman–Crippen MR) is 115 cm³/mol. The van der Waals surface area contributed by atoms with E-state index in [0.29, 0.717) is 24.5 Å². The first-order chi connectivity index (χ1) is 13.6. The van der Waals surface area contributed by atoms with Crippen molar-refractivity contribution in [2.75, 3.05) is 13.6 Å². The van der Waals surface area contributed by atoms with Gasteiger partial charge >= 0.3 is 0 Å². The molecule has 0 unspecified atom stereocenters. The topological polar surface area (TPSA) is 41.6 Å². The first kappa shape index (κ1) is 20.1. The normalized spacial score (nSPS) is 10.8. The van der Waals surface area contributed by atoms with E-state index in [2.05, 4.69) is 36.3 Å². The number of ether oxygens (including phenoxy) is 1. The lowest BCUT2D eigenvalue weighted by molar-refractivity contribution is 0.0950. The van der Waals surface area contributed by atoms with Gasteiger partial charge < -0.3 is 15.0 Å². The van der Waals surface area contributed by atoms with E-state index >= 15 is 0 Å². The molecule has 1 N–H and O–H groups in total. The first-order valence-corrected chi connectivity index (χ1v) is 10.3. The summed E-state index contributed by atoms with van der Waals surface area (Å²) >= 11 is 1.66. The van der Waals surface area contributed by atoms with Crippen molar-refractivity contribution in [2.45, 2.75) is 26.6 Å². The van der Waals surface area contributed by atoms with Gasteiger partial charge in [0.05, 0.1) is 0 Å². The van der Waals surface area contributed by atoms with Gasteiger partial charge in [0.1, 0.15) is 12.4 Å². The van der Waals surface area contributed by atoms with Crippen LogP contribution in [-0.2, 0) is 19.7 Å². The number of hydrogen-bond acceptors (Lipinski definition) is 4. The Bertz CT molecular complexity index is 893. The van der Waals surface area contributed by atoms with Crippen molar-refractivity contribution in [3.05, 3.63) is 87.6 Å². The van der Waals surface area contributed by atoms with Gasteiger partial charge in [0.15, 0.2) is 0 Å². The van der Waals surface area contributed by atoms with Crippen LogP contribution in [0.15, 0.2) is 66.0 Å². The Hall–Kier alpha value is -2.63. The maximum absolute atomic E-state index is 12.5. The monoisotopic (exact) mass is 394 g/mol. The molecule has 0 radical (unpaired) electrons. The standard InChI is InChI=1S/C23H26N2O2S/c1-3-25(2)16-19-8-4-7-18(13-19)15-24-23(26)20-9-5-10-21(14-20)27-17-22-11-6-12-28-22/h4-14H,3,15-17H2,1-2H3,(H,24,26). The SMILES string of the molecule is CCN(C)Cc1cccc(CNC(=O)c2cccc(OCc3cccs3)c2)c1. The van der Waals surface area contributed by atoms with Crippen LogP contribution in [0.25, 0.3) is 0 Å². The van der Waals surface area contributed by atoms with Crippen LogP contribution in [0, 0.1) is 0 Å². The number of hydrogen-bond donors (Lipinski definition) is 1. The molecule has 0 saturated carbocycles. The fourth-order valence-corrected chi connectivity index (χ4v) is 3.44. The average Bonchev–Trinajstić information content (AvgIpc) is 3.24. The maximum Gasteiger partial charge on any atom is 0.251 e. The van der Waals surface area contributed by atoms with Crippen LogP contribution >= 0.6 is 11.3 Å². The molecule has 5 heteroatoms. The molecule has 146 valence electrons. The molecule has 0 atom stereocenters. The van der Waals surface area contributed by atoms with Crippen LogP contribution in [0.4, 0.5) is 0 Å². The molecule has 3 aromatic rings. The molecule has 0 fully saturated rings. The summed E-state index contributed by atoms with van der Waals surface area (Å²) in [5.41, 5.74) is 2.95. The summed E-state index contributed by atoms with van der Waals surface area (Å²) in [5, 5.41) is 5.03. The van der Waals surface area contributed by atoms with Gasteiger partial charge in [0.25, 0.3) is 5.91 Å². The van der Waals surface area contributed by atoms with E-state index in [1.165, 1.54) is 5.56 Å². The molecular formula is C23H26N2O2S. The second kappa shape index (κ2) is 10.1. The molecule has 2 aromatic carbocycles. The molecule has 0 bridgehead atoms. The van der Waals surface area contributed by atoms with E-state index in [4.69, 9.17) is 4.74 Å². The third kappa shape index (κ3) is 5.94. The Morgan fingerprint density at radius 1 is 1.07 bits per heavy atom. The summed E-state index contributed by atoms with van der Waals surface area (Å²) in [5.74, 6) is 0.600. The number of nitrogens with one attached hydrogen (secondary N) is 1. The van der Waals surface area contributed by atoms with Crippen molar-refractivity contribution in [3.63, 3.8) is 0 Å². The lowest BCUT2D eigenvalue weighted by Crippen LogP contribution is -2.23. The van der Waals surface area contributed by atoms with Crippen LogP contribution < -0.4 is 10.1 Å². The summed E-state index contributed by atoms with van der Waals surface area (Å²) in [6, 6.07) is 19.7. The zero-order chi connectivity index (χ0) is 19.8. The van der Waals surface area contributed by atoms with E-state index in [-0.39, 0.29) is 5.91 Å². The number of carbonyl (C=O) groups is 1. The number of thiophene rings is 1. The fourth-order valence-electron chi connectivity index (χ4n) is 2.82. The van der Waals surface area contributed by atoms with Gasteiger partial charge in [-0.05, 0) is 54.4 Å². The summed E-state index contributed by atoms with van der Waals surface area (Å²) in [6.07, 6.45) is 0. The Balaban J connectivity index is 1.56. The third-order valence-corrected chi connectivity index (χ3v) is 5.34. The van der Waals surface area contributed by atoms with Crippen LogP contribution in [0.5, 0.6) is 5.75 Å². The molecule has 1 heterocycles. The van der Waals surface area contributed by atoms with Gasteiger partial charge in [-0.2, -0.15) is 0 Å². The Morgan fingerprint density at radius 3 is 2.68 bits per heavy atom.